The van der Waals surface area contributed by atoms with Crippen LogP contribution in [0.3, 0.4) is 0 Å². The topological polar surface area (TPSA) is 110 Å². The molecule has 1 saturated heterocycles. The number of methoxy groups -OCH3 is 1. The molecule has 9 nitrogen and oxygen atoms in total. The van der Waals surface area contributed by atoms with Gasteiger partial charge in [-0.1, -0.05) is 30.3 Å². The molecule has 0 saturated carbocycles. The lowest BCUT2D eigenvalue weighted by atomic mass is 10.00. The Labute approximate surface area is 242 Å². The minimum Gasteiger partial charge on any atom is -0.497 e. The van der Waals surface area contributed by atoms with Gasteiger partial charge in [0, 0.05) is 36.1 Å². The highest BCUT2D eigenvalue weighted by Crippen LogP contribution is 2.34. The molecule has 0 radical (unpaired) electrons. The molecule has 4 aromatic rings. The van der Waals surface area contributed by atoms with Gasteiger partial charge in [-0.15, -0.1) is 0 Å². The van der Waals surface area contributed by atoms with E-state index in [0.29, 0.717) is 41.1 Å². The number of nitrogens with one attached hydrogen (secondary N) is 2. The predicted octanol–water partition coefficient (Wildman–Crippen LogP) is 4.90. The first-order valence-electron chi connectivity index (χ1n) is 13.4. The van der Waals surface area contributed by atoms with Gasteiger partial charge < -0.3 is 20.1 Å². The summed E-state index contributed by atoms with van der Waals surface area (Å²) >= 11 is 0. The van der Waals surface area contributed by atoms with Gasteiger partial charge in [-0.25, -0.2) is 9.18 Å². The summed E-state index contributed by atoms with van der Waals surface area (Å²) in [6, 6.07) is 23.8. The van der Waals surface area contributed by atoms with E-state index in [2.05, 4.69) is 15.6 Å². The van der Waals surface area contributed by atoms with Gasteiger partial charge in [0.05, 0.1) is 13.7 Å². The lowest BCUT2D eigenvalue weighted by Crippen LogP contribution is -2.46. The molecule has 1 aliphatic heterocycles. The third kappa shape index (κ3) is 6.72. The molecule has 42 heavy (non-hydrogen) atoms. The lowest BCUT2D eigenvalue weighted by molar-refractivity contribution is -0.126. The molecular formula is C32H29FN4O5. The Morgan fingerprint density at radius 1 is 1.00 bits per heavy atom. The molecule has 2 atom stereocenters. The van der Waals surface area contributed by atoms with E-state index < -0.39 is 30.0 Å². The van der Waals surface area contributed by atoms with Gasteiger partial charge in [0.15, 0.2) is 12.1 Å². The van der Waals surface area contributed by atoms with Gasteiger partial charge in [0.25, 0.3) is 5.91 Å². The molecule has 1 fully saturated rings. The minimum atomic E-state index is -1.01. The summed E-state index contributed by atoms with van der Waals surface area (Å²) in [6.45, 7) is 0.290. The number of cyclic esters (lactones) is 1. The van der Waals surface area contributed by atoms with Crippen LogP contribution in [-0.4, -0.2) is 47.5 Å². The molecule has 1 aliphatic rings. The molecule has 1 aromatic heterocycles. The number of carbonyl (C=O) groups excluding carboxylic acids is 3. The number of anilines is 1. The van der Waals surface area contributed by atoms with E-state index in [4.69, 9.17) is 9.47 Å². The van der Waals surface area contributed by atoms with Gasteiger partial charge in [-0.05, 0) is 71.8 Å². The zero-order valence-electron chi connectivity index (χ0n) is 22.8. The molecule has 0 bridgehead atoms. The van der Waals surface area contributed by atoms with Crippen molar-refractivity contribution in [3.8, 4) is 5.75 Å². The highest BCUT2D eigenvalue weighted by molar-refractivity contribution is 6.04. The summed E-state index contributed by atoms with van der Waals surface area (Å²) in [6.07, 6.45) is 0.574. The molecule has 214 valence electrons. The smallest absolute Gasteiger partial charge is 0.411 e. The summed E-state index contributed by atoms with van der Waals surface area (Å²) in [5.74, 6) is -0.511. The van der Waals surface area contributed by atoms with Gasteiger partial charge in [0.2, 0.25) is 5.91 Å². The summed E-state index contributed by atoms with van der Waals surface area (Å²) in [5, 5.41) is 5.72. The normalized spacial score (nSPS) is 16.0. The number of hydrogen-bond acceptors (Lipinski definition) is 6. The van der Waals surface area contributed by atoms with Crippen LogP contribution < -0.4 is 15.4 Å². The first kappa shape index (κ1) is 28.3. The standard InChI is InChI=1S/C32H29FN4O5/c1-41-27-14-10-23(11-15-27)30(38)36-26-12-8-22(9-13-26)29-28(31(39)35-18-16-25-7-2-3-17-34-25)37(32(40)42-29)20-21-5-4-6-24(33)19-21/h2-15,17,19,28-29H,16,18,20H2,1H3,(H,35,39)(H,36,38). The largest absolute Gasteiger partial charge is 0.497 e. The Morgan fingerprint density at radius 2 is 1.79 bits per heavy atom. The minimum absolute atomic E-state index is 0.0125. The van der Waals surface area contributed by atoms with Crippen molar-refractivity contribution in [1.82, 2.24) is 15.2 Å². The molecule has 0 spiro atoms. The number of hydrogen-bond donors (Lipinski definition) is 2. The Balaban J connectivity index is 1.33. The van der Waals surface area contributed by atoms with Crippen molar-refractivity contribution in [2.75, 3.05) is 19.0 Å². The van der Waals surface area contributed by atoms with E-state index in [1.54, 1.807) is 74.0 Å². The average Bonchev–Trinajstić information content (AvgIpc) is 3.33. The zero-order valence-corrected chi connectivity index (χ0v) is 22.8. The number of ether oxygens (including phenoxy) is 2. The van der Waals surface area contributed by atoms with Crippen LogP contribution in [0.2, 0.25) is 0 Å². The number of benzene rings is 3. The second-order valence-electron chi connectivity index (χ2n) is 9.67. The number of pyridine rings is 1. The first-order valence-corrected chi connectivity index (χ1v) is 13.4. The van der Waals surface area contributed by atoms with E-state index in [0.717, 1.165) is 5.69 Å². The van der Waals surface area contributed by atoms with Crippen LogP contribution in [0.25, 0.3) is 0 Å². The Bertz CT molecular complexity index is 1550. The maximum Gasteiger partial charge on any atom is 0.411 e. The van der Waals surface area contributed by atoms with Gasteiger partial charge >= 0.3 is 6.09 Å². The fraction of sp³-hybridized carbons (Fsp3) is 0.188. The molecule has 0 aliphatic carbocycles. The first-order chi connectivity index (χ1) is 20.4. The van der Waals surface area contributed by atoms with E-state index in [1.165, 1.54) is 17.0 Å². The number of rotatable bonds is 10. The maximum atomic E-state index is 13.9. The summed E-state index contributed by atoms with van der Waals surface area (Å²) in [5.41, 5.74) is 2.89. The van der Waals surface area contributed by atoms with Crippen LogP contribution >= 0.6 is 0 Å². The summed E-state index contributed by atoms with van der Waals surface area (Å²) in [4.78, 5) is 44.8. The van der Waals surface area contributed by atoms with Crippen molar-refractivity contribution < 1.29 is 28.2 Å². The summed E-state index contributed by atoms with van der Waals surface area (Å²) < 4.78 is 24.7. The second kappa shape index (κ2) is 12.9. The van der Waals surface area contributed by atoms with Crippen molar-refractivity contribution in [1.29, 1.82) is 0 Å². The monoisotopic (exact) mass is 568 g/mol. The summed E-state index contributed by atoms with van der Waals surface area (Å²) in [7, 11) is 1.55. The van der Waals surface area contributed by atoms with Crippen molar-refractivity contribution in [2.24, 2.45) is 0 Å². The third-order valence-corrected chi connectivity index (χ3v) is 6.85. The van der Waals surface area contributed by atoms with E-state index >= 15 is 0 Å². The molecule has 2 heterocycles. The van der Waals surface area contributed by atoms with Crippen molar-refractivity contribution >= 4 is 23.6 Å². The number of halogens is 1. The van der Waals surface area contributed by atoms with Crippen LogP contribution in [0, 0.1) is 5.82 Å². The maximum absolute atomic E-state index is 13.9. The van der Waals surface area contributed by atoms with Crippen LogP contribution in [0.4, 0.5) is 14.9 Å². The van der Waals surface area contributed by atoms with Gasteiger partial charge in [-0.3, -0.25) is 19.5 Å². The number of aromatic nitrogens is 1. The molecule has 5 rings (SSSR count). The van der Waals surface area contributed by atoms with Crippen LogP contribution in [0.1, 0.15) is 33.3 Å². The lowest BCUT2D eigenvalue weighted by Gasteiger charge is -2.24. The Hall–Kier alpha value is -5.25. The fourth-order valence-electron chi connectivity index (χ4n) is 4.71. The van der Waals surface area contributed by atoms with E-state index in [-0.39, 0.29) is 12.5 Å². The highest BCUT2D eigenvalue weighted by Gasteiger charge is 2.46. The number of nitrogens with zero attached hydrogens (tertiary/aromatic N) is 2. The quantitative estimate of drug-likeness (QED) is 0.282. The molecule has 3 amide bonds. The Kier molecular flexibility index (Phi) is 8.72. The van der Waals surface area contributed by atoms with Crippen LogP contribution in [-0.2, 0) is 22.5 Å². The molecule has 10 heteroatoms. The SMILES string of the molecule is COc1ccc(C(=O)Nc2ccc(C3OC(=O)N(Cc4cccc(F)c4)C3C(=O)NCCc3ccccn3)cc2)cc1. The van der Waals surface area contributed by atoms with E-state index in [9.17, 15) is 18.8 Å². The molecular weight excluding hydrogens is 539 g/mol. The molecule has 2 N–H and O–H groups in total. The van der Waals surface area contributed by atoms with Gasteiger partial charge in [-0.2, -0.15) is 0 Å². The van der Waals surface area contributed by atoms with Crippen molar-refractivity contribution in [3.05, 3.63) is 125 Å². The fourth-order valence-corrected chi connectivity index (χ4v) is 4.71. The molecule has 3 aromatic carbocycles. The van der Waals surface area contributed by atoms with Crippen molar-refractivity contribution in [3.63, 3.8) is 0 Å². The third-order valence-electron chi connectivity index (χ3n) is 6.85. The Morgan fingerprint density at radius 3 is 2.48 bits per heavy atom. The number of amides is 3. The average molecular weight is 569 g/mol. The number of carbonyl (C=O) groups is 3. The highest BCUT2D eigenvalue weighted by atomic mass is 19.1. The predicted molar refractivity (Wildman–Crippen MR) is 153 cm³/mol. The molecule has 2 unspecified atom stereocenters. The van der Waals surface area contributed by atoms with Crippen molar-refractivity contribution in [2.45, 2.75) is 25.1 Å². The second-order valence-corrected chi connectivity index (χ2v) is 9.67. The van der Waals surface area contributed by atoms with Crippen LogP contribution in [0.5, 0.6) is 5.75 Å². The van der Waals surface area contributed by atoms with E-state index in [1.807, 2.05) is 18.2 Å². The van der Waals surface area contributed by atoms with Gasteiger partial charge in [0.1, 0.15) is 11.6 Å². The van der Waals surface area contributed by atoms with Crippen LogP contribution in [0.15, 0.2) is 97.2 Å². The zero-order chi connectivity index (χ0) is 29.5.